The highest BCUT2D eigenvalue weighted by molar-refractivity contribution is 7.80. The average Bonchev–Trinajstić information content (AvgIpc) is 3.02. The lowest BCUT2D eigenvalue weighted by atomic mass is 10.2. The van der Waals surface area contributed by atoms with Gasteiger partial charge in [0.25, 0.3) is 0 Å². The van der Waals surface area contributed by atoms with Gasteiger partial charge in [-0.1, -0.05) is 36.4 Å². The first-order chi connectivity index (χ1) is 12.7. The SMILES string of the molecule is Oc1[nH]c2ccccc2c1N=NC(=S)N1CCN(c2ccccc2)CC1. The van der Waals surface area contributed by atoms with Crippen molar-refractivity contribution in [2.24, 2.45) is 10.2 Å². The summed E-state index contributed by atoms with van der Waals surface area (Å²) in [6.45, 7) is 3.37. The molecule has 0 bridgehead atoms. The average molecular weight is 365 g/mol. The van der Waals surface area contributed by atoms with Crippen LogP contribution in [0.1, 0.15) is 0 Å². The van der Waals surface area contributed by atoms with Crippen molar-refractivity contribution in [1.29, 1.82) is 0 Å². The first-order valence-electron chi connectivity index (χ1n) is 8.53. The van der Waals surface area contributed by atoms with Crippen molar-refractivity contribution >= 4 is 39.6 Å². The normalized spacial score (nSPS) is 15.1. The topological polar surface area (TPSA) is 67.2 Å². The van der Waals surface area contributed by atoms with Gasteiger partial charge in [0.15, 0.2) is 5.69 Å². The molecule has 3 aromatic rings. The van der Waals surface area contributed by atoms with Crippen LogP contribution >= 0.6 is 12.2 Å². The summed E-state index contributed by atoms with van der Waals surface area (Å²) in [5.41, 5.74) is 2.47. The zero-order valence-electron chi connectivity index (χ0n) is 14.2. The van der Waals surface area contributed by atoms with E-state index in [0.29, 0.717) is 10.8 Å². The number of nitrogens with one attached hydrogen (secondary N) is 1. The molecule has 0 radical (unpaired) electrons. The Kier molecular flexibility index (Phi) is 4.53. The standard InChI is InChI=1S/C19H19N5OS/c25-18-17(15-8-4-5-9-16(15)20-18)21-22-19(26)24-12-10-23(11-13-24)14-6-2-1-3-7-14/h1-9,20,25H,10-13H2. The highest BCUT2D eigenvalue weighted by atomic mass is 32.1. The Labute approximate surface area is 156 Å². The second-order valence-electron chi connectivity index (χ2n) is 6.16. The Morgan fingerprint density at radius 1 is 0.962 bits per heavy atom. The number of fused-ring (bicyclic) bond motifs is 1. The van der Waals surface area contributed by atoms with Crippen LogP contribution in [0.2, 0.25) is 0 Å². The Hall–Kier alpha value is -2.93. The fourth-order valence-corrected chi connectivity index (χ4v) is 3.39. The molecule has 2 aromatic carbocycles. The van der Waals surface area contributed by atoms with E-state index < -0.39 is 0 Å². The van der Waals surface area contributed by atoms with Crippen LogP contribution in [0.25, 0.3) is 10.9 Å². The van der Waals surface area contributed by atoms with E-state index in [1.54, 1.807) is 0 Å². The number of piperazine rings is 1. The summed E-state index contributed by atoms with van der Waals surface area (Å²) >= 11 is 5.42. The lowest BCUT2D eigenvalue weighted by Gasteiger charge is -2.36. The van der Waals surface area contributed by atoms with Gasteiger partial charge in [0.2, 0.25) is 11.0 Å². The van der Waals surface area contributed by atoms with Crippen molar-refractivity contribution in [3.8, 4) is 5.88 Å². The van der Waals surface area contributed by atoms with Crippen molar-refractivity contribution in [1.82, 2.24) is 9.88 Å². The Bertz CT molecular complexity index is 945. The summed E-state index contributed by atoms with van der Waals surface area (Å²) in [6, 6.07) is 17.9. The Morgan fingerprint density at radius 2 is 1.65 bits per heavy atom. The van der Waals surface area contributed by atoms with E-state index in [-0.39, 0.29) is 5.88 Å². The summed E-state index contributed by atoms with van der Waals surface area (Å²) in [5, 5.41) is 19.7. The van der Waals surface area contributed by atoms with Crippen LogP contribution in [0.4, 0.5) is 11.4 Å². The van der Waals surface area contributed by atoms with E-state index in [1.165, 1.54) is 5.69 Å². The van der Waals surface area contributed by atoms with Gasteiger partial charge in [-0.15, -0.1) is 10.2 Å². The van der Waals surface area contributed by atoms with Crippen LogP contribution in [0, 0.1) is 0 Å². The number of nitrogens with zero attached hydrogens (tertiary/aromatic N) is 4. The first kappa shape index (κ1) is 16.5. The number of H-pyrrole nitrogens is 1. The number of benzene rings is 2. The van der Waals surface area contributed by atoms with Crippen molar-refractivity contribution in [2.45, 2.75) is 0 Å². The lowest BCUT2D eigenvalue weighted by Crippen LogP contribution is -2.47. The number of aromatic amines is 1. The largest absolute Gasteiger partial charge is 0.493 e. The molecule has 4 rings (SSSR count). The third kappa shape index (κ3) is 3.25. The molecule has 0 aliphatic carbocycles. The maximum absolute atomic E-state index is 10.0. The van der Waals surface area contributed by atoms with Crippen LogP contribution in [-0.2, 0) is 0 Å². The smallest absolute Gasteiger partial charge is 0.218 e. The molecule has 0 unspecified atom stereocenters. The highest BCUT2D eigenvalue weighted by Crippen LogP contribution is 2.35. The van der Waals surface area contributed by atoms with Gasteiger partial charge in [0, 0.05) is 37.3 Å². The molecule has 2 heterocycles. The summed E-state index contributed by atoms with van der Waals surface area (Å²) in [7, 11) is 0. The number of anilines is 1. The fourth-order valence-electron chi connectivity index (χ4n) is 3.16. The van der Waals surface area contributed by atoms with Gasteiger partial charge in [-0.05, 0) is 30.4 Å². The fraction of sp³-hybridized carbons (Fsp3) is 0.211. The van der Waals surface area contributed by atoms with Gasteiger partial charge in [0.1, 0.15) is 0 Å². The van der Waals surface area contributed by atoms with Gasteiger partial charge in [-0.25, -0.2) is 0 Å². The molecular weight excluding hydrogens is 346 g/mol. The van der Waals surface area contributed by atoms with Crippen LogP contribution in [0.5, 0.6) is 5.88 Å². The molecule has 0 saturated carbocycles. The van der Waals surface area contributed by atoms with Gasteiger partial charge in [-0.3, -0.25) is 0 Å². The van der Waals surface area contributed by atoms with Gasteiger partial charge >= 0.3 is 0 Å². The van der Waals surface area contributed by atoms with Crippen molar-refractivity contribution in [3.05, 3.63) is 54.6 Å². The van der Waals surface area contributed by atoms with Gasteiger partial charge in [-0.2, -0.15) is 0 Å². The summed E-state index contributed by atoms with van der Waals surface area (Å²) in [5.74, 6) is 0.00615. The zero-order chi connectivity index (χ0) is 17.9. The maximum Gasteiger partial charge on any atom is 0.218 e. The summed E-state index contributed by atoms with van der Waals surface area (Å²) in [4.78, 5) is 7.27. The van der Waals surface area contributed by atoms with Crippen molar-refractivity contribution in [2.75, 3.05) is 31.1 Å². The first-order valence-corrected chi connectivity index (χ1v) is 8.93. The van der Waals surface area contributed by atoms with E-state index in [1.807, 2.05) is 47.4 Å². The lowest BCUT2D eigenvalue weighted by molar-refractivity contribution is 0.387. The van der Waals surface area contributed by atoms with Crippen LogP contribution in [-0.4, -0.2) is 46.3 Å². The molecule has 0 amide bonds. The molecule has 2 N–H and O–H groups in total. The minimum Gasteiger partial charge on any atom is -0.493 e. The molecule has 6 nitrogen and oxygen atoms in total. The third-order valence-electron chi connectivity index (χ3n) is 4.57. The van der Waals surface area contributed by atoms with Crippen molar-refractivity contribution < 1.29 is 5.11 Å². The molecule has 1 aliphatic rings. The van der Waals surface area contributed by atoms with Crippen LogP contribution in [0.3, 0.4) is 0 Å². The molecule has 7 heteroatoms. The summed E-state index contributed by atoms with van der Waals surface area (Å²) in [6.07, 6.45) is 0. The molecule has 26 heavy (non-hydrogen) atoms. The van der Waals surface area contributed by atoms with Crippen LogP contribution < -0.4 is 4.90 Å². The zero-order valence-corrected chi connectivity index (χ0v) is 15.0. The molecule has 1 fully saturated rings. The molecule has 0 spiro atoms. The van der Waals surface area contributed by atoms with E-state index in [2.05, 4.69) is 32.2 Å². The number of hydrogen-bond donors (Lipinski definition) is 2. The number of aromatic nitrogens is 1. The predicted molar refractivity (Wildman–Crippen MR) is 107 cm³/mol. The Balaban J connectivity index is 1.42. The second kappa shape index (κ2) is 7.13. The number of para-hydroxylation sites is 2. The molecule has 0 atom stereocenters. The monoisotopic (exact) mass is 365 g/mol. The summed E-state index contributed by atoms with van der Waals surface area (Å²) < 4.78 is 0. The number of rotatable bonds is 2. The number of azo groups is 1. The molecule has 1 aromatic heterocycles. The van der Waals surface area contributed by atoms with Crippen LogP contribution in [0.15, 0.2) is 64.8 Å². The highest BCUT2D eigenvalue weighted by Gasteiger charge is 2.19. The molecule has 1 aliphatic heterocycles. The van der Waals surface area contributed by atoms with E-state index in [9.17, 15) is 5.11 Å². The van der Waals surface area contributed by atoms with E-state index in [4.69, 9.17) is 12.2 Å². The molecular formula is C19H19N5OS. The number of thiocarbonyl (C=S) groups is 1. The third-order valence-corrected chi connectivity index (χ3v) is 4.91. The number of hydrogen-bond acceptors (Lipinski definition) is 4. The quantitative estimate of drug-likeness (QED) is 0.531. The van der Waals surface area contributed by atoms with Gasteiger partial charge in [0.05, 0.1) is 5.52 Å². The van der Waals surface area contributed by atoms with E-state index in [0.717, 1.165) is 37.1 Å². The van der Waals surface area contributed by atoms with E-state index >= 15 is 0 Å². The minimum absolute atomic E-state index is 0.00615. The van der Waals surface area contributed by atoms with Gasteiger partial charge < -0.3 is 19.9 Å². The predicted octanol–water partition coefficient (Wildman–Crippen LogP) is 4.06. The second-order valence-corrected chi connectivity index (χ2v) is 6.53. The minimum atomic E-state index is 0.00615. The molecule has 132 valence electrons. The Morgan fingerprint density at radius 3 is 2.42 bits per heavy atom. The molecule has 1 saturated heterocycles. The van der Waals surface area contributed by atoms with Crippen molar-refractivity contribution in [3.63, 3.8) is 0 Å². The maximum atomic E-state index is 10.0. The number of aromatic hydroxyl groups is 1.